The molecule has 0 fully saturated rings. The average Bonchev–Trinajstić information content (AvgIpc) is 2.72. The molecule has 0 radical (unpaired) electrons. The third-order valence-electron chi connectivity index (χ3n) is 2.89. The molecule has 0 aromatic heterocycles. The summed E-state index contributed by atoms with van der Waals surface area (Å²) in [5, 5.41) is 5.09. The highest BCUT2D eigenvalue weighted by atomic mass is 16.6. The Bertz CT molecular complexity index is 720. The van der Waals surface area contributed by atoms with Crippen LogP contribution in [0.15, 0.2) is 18.2 Å². The fraction of sp³-hybridized carbons (Fsp3) is 0.353. The molecule has 2 N–H and O–H groups in total. The zero-order valence-corrected chi connectivity index (χ0v) is 13.3. The number of rotatable bonds is 2. The summed E-state index contributed by atoms with van der Waals surface area (Å²) >= 11 is 0. The lowest BCUT2D eigenvalue weighted by Gasteiger charge is -2.19. The minimum atomic E-state index is -0.638. The van der Waals surface area contributed by atoms with Crippen LogP contribution < -0.4 is 10.6 Å². The number of fused-ring (bicyclic) bond motifs is 1. The number of nitrogens with one attached hydrogen (secondary N) is 2. The van der Waals surface area contributed by atoms with Crippen LogP contribution in [0.1, 0.15) is 43.1 Å². The van der Waals surface area contributed by atoms with E-state index in [1.165, 1.54) is 0 Å². The van der Waals surface area contributed by atoms with Crippen molar-refractivity contribution in [2.24, 2.45) is 0 Å². The number of hydrogen-bond donors (Lipinski definition) is 2. The van der Waals surface area contributed by atoms with Crippen LogP contribution in [0.5, 0.6) is 0 Å². The maximum atomic E-state index is 11.8. The quantitative estimate of drug-likeness (QED) is 0.497. The summed E-state index contributed by atoms with van der Waals surface area (Å²) in [7, 11) is 0. The molecular formula is C17H18N2O4. The van der Waals surface area contributed by atoms with Gasteiger partial charge in [-0.25, -0.2) is 4.79 Å². The molecule has 0 bridgehead atoms. The smallest absolute Gasteiger partial charge is 0.407 e. The molecular weight excluding hydrogens is 296 g/mol. The Labute approximate surface area is 134 Å². The fourth-order valence-corrected chi connectivity index (χ4v) is 2.00. The van der Waals surface area contributed by atoms with Crippen molar-refractivity contribution < 1.29 is 19.1 Å². The second-order valence-corrected chi connectivity index (χ2v) is 5.99. The van der Waals surface area contributed by atoms with Gasteiger partial charge in [0.15, 0.2) is 0 Å². The molecule has 0 spiro atoms. The number of anilines is 1. The van der Waals surface area contributed by atoms with Crippen LogP contribution in [-0.4, -0.2) is 29.9 Å². The Morgan fingerprint density at radius 2 is 2.04 bits per heavy atom. The molecule has 1 aromatic rings. The Morgan fingerprint density at radius 1 is 1.30 bits per heavy atom. The molecule has 0 atom stereocenters. The number of amides is 2. The number of alkyl carbamates (subject to hydrolysis) is 1. The predicted molar refractivity (Wildman–Crippen MR) is 85.1 cm³/mol. The van der Waals surface area contributed by atoms with Crippen molar-refractivity contribution in [3.8, 4) is 11.8 Å². The van der Waals surface area contributed by atoms with E-state index in [1.807, 2.05) is 0 Å². The van der Waals surface area contributed by atoms with Gasteiger partial charge in [-0.15, -0.1) is 0 Å². The van der Waals surface area contributed by atoms with E-state index >= 15 is 0 Å². The van der Waals surface area contributed by atoms with Crippen molar-refractivity contribution in [3.05, 3.63) is 29.3 Å². The zero-order valence-electron chi connectivity index (χ0n) is 13.3. The van der Waals surface area contributed by atoms with Crippen LogP contribution in [0.4, 0.5) is 10.5 Å². The van der Waals surface area contributed by atoms with Crippen molar-refractivity contribution in [1.82, 2.24) is 5.32 Å². The molecule has 2 amide bonds. The van der Waals surface area contributed by atoms with E-state index in [2.05, 4.69) is 22.5 Å². The summed E-state index contributed by atoms with van der Waals surface area (Å²) in [5.74, 6) is 4.53. The lowest BCUT2D eigenvalue weighted by Crippen LogP contribution is -2.32. The Kier molecular flexibility index (Phi) is 4.70. The molecule has 0 saturated heterocycles. The fourth-order valence-electron chi connectivity index (χ4n) is 2.00. The van der Waals surface area contributed by atoms with Gasteiger partial charge in [0.25, 0.3) is 11.7 Å². The van der Waals surface area contributed by atoms with Gasteiger partial charge in [-0.3, -0.25) is 9.59 Å². The highest BCUT2D eigenvalue weighted by Gasteiger charge is 2.29. The molecule has 0 saturated carbocycles. The summed E-state index contributed by atoms with van der Waals surface area (Å²) in [5.41, 5.74) is 0.757. The molecule has 1 heterocycles. The molecule has 1 aromatic carbocycles. The Morgan fingerprint density at radius 3 is 2.74 bits per heavy atom. The molecule has 2 rings (SSSR count). The van der Waals surface area contributed by atoms with Gasteiger partial charge in [0, 0.05) is 18.5 Å². The Balaban J connectivity index is 1.92. The highest BCUT2D eigenvalue weighted by Crippen LogP contribution is 2.25. The number of carbonyl (C=O) groups is 3. The van der Waals surface area contributed by atoms with Crippen LogP contribution in [0, 0.1) is 11.8 Å². The number of benzene rings is 1. The van der Waals surface area contributed by atoms with Gasteiger partial charge in [-0.1, -0.05) is 17.9 Å². The third kappa shape index (κ3) is 4.33. The van der Waals surface area contributed by atoms with E-state index in [1.54, 1.807) is 39.0 Å². The maximum absolute atomic E-state index is 11.8. The van der Waals surface area contributed by atoms with Gasteiger partial charge < -0.3 is 15.4 Å². The molecule has 6 heteroatoms. The van der Waals surface area contributed by atoms with E-state index < -0.39 is 23.4 Å². The highest BCUT2D eigenvalue weighted by molar-refractivity contribution is 6.52. The summed E-state index contributed by atoms with van der Waals surface area (Å²) in [6.45, 7) is 5.69. The van der Waals surface area contributed by atoms with Crippen LogP contribution in [0.3, 0.4) is 0 Å². The van der Waals surface area contributed by atoms with Crippen LogP contribution in [0.25, 0.3) is 0 Å². The van der Waals surface area contributed by atoms with Gasteiger partial charge >= 0.3 is 6.09 Å². The van der Waals surface area contributed by atoms with Crippen molar-refractivity contribution in [3.63, 3.8) is 0 Å². The first kappa shape index (κ1) is 16.6. The van der Waals surface area contributed by atoms with E-state index in [9.17, 15) is 14.4 Å². The third-order valence-corrected chi connectivity index (χ3v) is 2.89. The SMILES string of the molecule is CC(C)(C)OC(=O)NCCC#Cc1cccc2c1C(=O)C(=O)N2. The summed E-state index contributed by atoms with van der Waals surface area (Å²) < 4.78 is 5.10. The monoisotopic (exact) mass is 314 g/mol. The van der Waals surface area contributed by atoms with Crippen molar-refractivity contribution in [2.75, 3.05) is 11.9 Å². The van der Waals surface area contributed by atoms with Gasteiger partial charge in [0.1, 0.15) is 5.60 Å². The first-order valence-electron chi connectivity index (χ1n) is 7.22. The minimum Gasteiger partial charge on any atom is -0.444 e. The largest absolute Gasteiger partial charge is 0.444 e. The van der Waals surface area contributed by atoms with E-state index in [4.69, 9.17) is 4.74 Å². The average molecular weight is 314 g/mol. The summed E-state index contributed by atoms with van der Waals surface area (Å²) in [6.07, 6.45) is -0.0942. The maximum Gasteiger partial charge on any atom is 0.407 e. The molecule has 1 aliphatic rings. The number of ketones is 1. The number of carbonyl (C=O) groups excluding carboxylic acids is 3. The lowest BCUT2D eigenvalue weighted by atomic mass is 10.0. The molecule has 6 nitrogen and oxygen atoms in total. The van der Waals surface area contributed by atoms with Gasteiger partial charge in [0.2, 0.25) is 0 Å². The van der Waals surface area contributed by atoms with Gasteiger partial charge in [-0.2, -0.15) is 0 Å². The van der Waals surface area contributed by atoms with E-state index in [-0.39, 0.29) is 0 Å². The number of hydrogen-bond acceptors (Lipinski definition) is 4. The summed E-state index contributed by atoms with van der Waals surface area (Å²) in [6, 6.07) is 5.07. The van der Waals surface area contributed by atoms with Crippen LogP contribution in [-0.2, 0) is 9.53 Å². The first-order valence-corrected chi connectivity index (χ1v) is 7.22. The number of Topliss-reactive ketones (excluding diaryl/α,β-unsaturated/α-hetero) is 1. The second kappa shape index (κ2) is 6.53. The Hall–Kier alpha value is -2.81. The minimum absolute atomic E-state index is 0.310. The lowest BCUT2D eigenvalue weighted by molar-refractivity contribution is -0.112. The van der Waals surface area contributed by atoms with E-state index in [0.29, 0.717) is 29.8 Å². The number of ether oxygens (including phenoxy) is 1. The van der Waals surface area contributed by atoms with Crippen LogP contribution in [0.2, 0.25) is 0 Å². The molecule has 0 aliphatic carbocycles. The molecule has 120 valence electrons. The standard InChI is InChI=1S/C17H18N2O4/c1-17(2,3)23-16(22)18-10-5-4-7-11-8-6-9-12-13(11)14(20)15(21)19-12/h6,8-9H,5,10H2,1-3H3,(H,18,22)(H,19,20,21). The van der Waals surface area contributed by atoms with E-state index in [0.717, 1.165) is 0 Å². The molecule has 0 unspecified atom stereocenters. The zero-order chi connectivity index (χ0) is 17.0. The van der Waals surface area contributed by atoms with Gasteiger partial charge in [0.05, 0.1) is 11.3 Å². The normalized spacial score (nSPS) is 12.8. The first-order chi connectivity index (χ1) is 10.8. The molecule has 1 aliphatic heterocycles. The van der Waals surface area contributed by atoms with Crippen molar-refractivity contribution >= 4 is 23.5 Å². The second-order valence-electron chi connectivity index (χ2n) is 5.99. The van der Waals surface area contributed by atoms with Crippen molar-refractivity contribution in [1.29, 1.82) is 0 Å². The molecule has 23 heavy (non-hydrogen) atoms. The van der Waals surface area contributed by atoms with Crippen molar-refractivity contribution in [2.45, 2.75) is 32.8 Å². The van der Waals surface area contributed by atoms with Gasteiger partial charge in [-0.05, 0) is 32.9 Å². The predicted octanol–water partition coefficient (Wildman–Crippen LogP) is 2.09. The summed E-state index contributed by atoms with van der Waals surface area (Å²) in [4.78, 5) is 34.6. The topological polar surface area (TPSA) is 84.5 Å². The van der Waals surface area contributed by atoms with Crippen LogP contribution >= 0.6 is 0 Å².